The SMILES string of the molecule is S=c1[nH]c(C2=NCCN2)cn1C1CCc2ccccc2C1. The van der Waals surface area contributed by atoms with E-state index in [0.717, 1.165) is 48.7 Å². The van der Waals surface area contributed by atoms with Gasteiger partial charge >= 0.3 is 0 Å². The molecule has 2 N–H and O–H groups in total. The maximum Gasteiger partial charge on any atom is 0.177 e. The molecule has 0 fully saturated rings. The highest BCUT2D eigenvalue weighted by molar-refractivity contribution is 7.71. The number of nitrogens with zero attached hydrogens (tertiary/aromatic N) is 2. The van der Waals surface area contributed by atoms with Crippen LogP contribution in [0.1, 0.15) is 29.3 Å². The lowest BCUT2D eigenvalue weighted by atomic mass is 9.88. The maximum absolute atomic E-state index is 5.51. The fourth-order valence-electron chi connectivity index (χ4n) is 3.30. The smallest absolute Gasteiger partial charge is 0.177 e. The van der Waals surface area contributed by atoms with Gasteiger partial charge in [-0.2, -0.15) is 0 Å². The van der Waals surface area contributed by atoms with Crippen LogP contribution in [0, 0.1) is 4.77 Å². The van der Waals surface area contributed by atoms with Crippen molar-refractivity contribution in [2.75, 3.05) is 13.1 Å². The number of aromatic nitrogens is 2. The van der Waals surface area contributed by atoms with Gasteiger partial charge in [-0.1, -0.05) is 24.3 Å². The highest BCUT2D eigenvalue weighted by Crippen LogP contribution is 2.29. The van der Waals surface area contributed by atoms with Crippen LogP contribution in [0.3, 0.4) is 0 Å². The summed E-state index contributed by atoms with van der Waals surface area (Å²) >= 11 is 5.51. The van der Waals surface area contributed by atoms with Gasteiger partial charge in [-0.15, -0.1) is 0 Å². The van der Waals surface area contributed by atoms with Crippen LogP contribution in [0.15, 0.2) is 35.5 Å². The Hall–Kier alpha value is -1.88. The molecule has 2 aliphatic rings. The molecular weight excluding hydrogens is 280 g/mol. The second-order valence-electron chi connectivity index (χ2n) is 5.70. The van der Waals surface area contributed by atoms with E-state index in [1.165, 1.54) is 11.1 Å². The van der Waals surface area contributed by atoms with Crippen molar-refractivity contribution in [3.8, 4) is 0 Å². The Labute approximate surface area is 128 Å². The predicted octanol–water partition coefficient (Wildman–Crippen LogP) is 2.63. The summed E-state index contributed by atoms with van der Waals surface area (Å²) in [6.45, 7) is 1.76. The Morgan fingerprint density at radius 2 is 2.10 bits per heavy atom. The summed E-state index contributed by atoms with van der Waals surface area (Å²) in [6, 6.07) is 9.18. The van der Waals surface area contributed by atoms with Crippen molar-refractivity contribution in [3.05, 3.63) is 52.1 Å². The lowest BCUT2D eigenvalue weighted by molar-refractivity contribution is 0.438. The molecule has 21 heavy (non-hydrogen) atoms. The van der Waals surface area contributed by atoms with E-state index in [2.05, 4.69) is 50.3 Å². The van der Waals surface area contributed by atoms with Gasteiger partial charge in [0.2, 0.25) is 0 Å². The number of H-pyrrole nitrogens is 1. The molecule has 1 aromatic heterocycles. The van der Waals surface area contributed by atoms with E-state index < -0.39 is 0 Å². The lowest BCUT2D eigenvalue weighted by Gasteiger charge is -2.25. The molecule has 0 spiro atoms. The molecule has 1 unspecified atom stereocenters. The van der Waals surface area contributed by atoms with E-state index in [9.17, 15) is 0 Å². The highest BCUT2D eigenvalue weighted by atomic mass is 32.1. The average Bonchev–Trinajstić information content (AvgIpc) is 3.16. The van der Waals surface area contributed by atoms with Gasteiger partial charge in [0.1, 0.15) is 5.84 Å². The molecule has 0 saturated heterocycles. The fourth-order valence-corrected chi connectivity index (χ4v) is 3.61. The number of nitrogens with one attached hydrogen (secondary N) is 2. The van der Waals surface area contributed by atoms with Gasteiger partial charge in [0.15, 0.2) is 4.77 Å². The summed E-state index contributed by atoms with van der Waals surface area (Å²) < 4.78 is 3.01. The number of aliphatic imine (C=N–C) groups is 1. The van der Waals surface area contributed by atoms with E-state index in [4.69, 9.17) is 12.2 Å². The molecule has 4 nitrogen and oxygen atoms in total. The topological polar surface area (TPSA) is 45.1 Å². The number of hydrogen-bond acceptors (Lipinski definition) is 3. The Balaban J connectivity index is 1.64. The first-order chi connectivity index (χ1) is 10.3. The summed E-state index contributed by atoms with van der Waals surface area (Å²) in [5.74, 6) is 0.941. The Morgan fingerprint density at radius 1 is 1.24 bits per heavy atom. The number of fused-ring (bicyclic) bond motifs is 1. The molecule has 0 bridgehead atoms. The fraction of sp³-hybridized carbons (Fsp3) is 0.375. The highest BCUT2D eigenvalue weighted by Gasteiger charge is 2.21. The van der Waals surface area contributed by atoms with Crippen LogP contribution in [0.2, 0.25) is 0 Å². The number of amidine groups is 1. The third-order valence-corrected chi connectivity index (χ3v) is 4.70. The second kappa shape index (κ2) is 5.15. The van der Waals surface area contributed by atoms with Crippen molar-refractivity contribution in [3.63, 3.8) is 0 Å². The average molecular weight is 298 g/mol. The van der Waals surface area contributed by atoms with Crippen LogP contribution in [-0.4, -0.2) is 28.5 Å². The number of aromatic amines is 1. The first kappa shape index (κ1) is 12.8. The third kappa shape index (κ3) is 2.31. The minimum absolute atomic E-state index is 0.444. The summed E-state index contributed by atoms with van der Waals surface area (Å²) in [6.07, 6.45) is 5.45. The maximum atomic E-state index is 5.51. The van der Waals surface area contributed by atoms with E-state index in [1.807, 2.05) is 0 Å². The molecule has 5 heteroatoms. The monoisotopic (exact) mass is 298 g/mol. The molecule has 1 aliphatic carbocycles. The third-order valence-electron chi connectivity index (χ3n) is 4.39. The zero-order valence-electron chi connectivity index (χ0n) is 11.8. The van der Waals surface area contributed by atoms with Crippen molar-refractivity contribution in [1.82, 2.24) is 14.9 Å². The molecule has 1 aromatic carbocycles. The molecule has 2 aromatic rings. The minimum atomic E-state index is 0.444. The van der Waals surface area contributed by atoms with Crippen LogP contribution >= 0.6 is 12.2 Å². The summed E-state index contributed by atoms with van der Waals surface area (Å²) in [5.41, 5.74) is 3.95. The van der Waals surface area contributed by atoms with Crippen molar-refractivity contribution < 1.29 is 0 Å². The zero-order chi connectivity index (χ0) is 14.2. The van der Waals surface area contributed by atoms with Crippen molar-refractivity contribution >= 4 is 18.1 Å². The number of imidazole rings is 1. The van der Waals surface area contributed by atoms with Crippen LogP contribution < -0.4 is 5.32 Å². The van der Waals surface area contributed by atoms with E-state index >= 15 is 0 Å². The number of benzene rings is 1. The minimum Gasteiger partial charge on any atom is -0.367 e. The molecular formula is C16H18N4S. The summed E-state index contributed by atoms with van der Waals surface area (Å²) in [7, 11) is 0. The van der Waals surface area contributed by atoms with Gasteiger partial charge in [-0.05, 0) is 42.6 Å². The molecule has 108 valence electrons. The Kier molecular flexibility index (Phi) is 3.15. The standard InChI is InChI=1S/C16H18N4S/c21-16-19-14(15-17-7-8-18-15)10-20(16)13-6-5-11-3-1-2-4-12(11)9-13/h1-4,10,13H,5-9H2,(H,17,18)(H,19,21). The molecule has 1 aliphatic heterocycles. The van der Waals surface area contributed by atoms with Gasteiger partial charge in [-0.25, -0.2) is 0 Å². The number of aryl methyl sites for hydroxylation is 1. The van der Waals surface area contributed by atoms with Crippen molar-refractivity contribution in [1.29, 1.82) is 0 Å². The molecule has 0 radical (unpaired) electrons. The predicted molar refractivity (Wildman–Crippen MR) is 86.5 cm³/mol. The Bertz CT molecular complexity index is 756. The number of rotatable bonds is 2. The molecule has 4 rings (SSSR count). The van der Waals surface area contributed by atoms with Gasteiger partial charge < -0.3 is 14.9 Å². The van der Waals surface area contributed by atoms with Crippen LogP contribution in [0.25, 0.3) is 0 Å². The molecule has 0 amide bonds. The summed E-state index contributed by atoms with van der Waals surface area (Å²) in [4.78, 5) is 7.75. The van der Waals surface area contributed by atoms with Gasteiger partial charge in [-0.3, -0.25) is 4.99 Å². The lowest BCUT2D eigenvalue weighted by Crippen LogP contribution is -2.20. The van der Waals surface area contributed by atoms with E-state index in [-0.39, 0.29) is 0 Å². The van der Waals surface area contributed by atoms with Crippen molar-refractivity contribution in [2.45, 2.75) is 25.3 Å². The Morgan fingerprint density at radius 3 is 2.90 bits per heavy atom. The second-order valence-corrected chi connectivity index (χ2v) is 6.09. The molecule has 1 atom stereocenters. The first-order valence-corrected chi connectivity index (χ1v) is 7.89. The van der Waals surface area contributed by atoms with E-state index in [0.29, 0.717) is 6.04 Å². The van der Waals surface area contributed by atoms with Crippen LogP contribution in [-0.2, 0) is 12.8 Å². The van der Waals surface area contributed by atoms with Gasteiger partial charge in [0.05, 0.1) is 12.2 Å². The quantitative estimate of drug-likeness (QED) is 0.837. The number of hydrogen-bond donors (Lipinski definition) is 2. The zero-order valence-corrected chi connectivity index (χ0v) is 12.6. The normalized spacial score (nSPS) is 20.8. The molecule has 0 saturated carbocycles. The van der Waals surface area contributed by atoms with Crippen molar-refractivity contribution in [2.24, 2.45) is 4.99 Å². The largest absolute Gasteiger partial charge is 0.367 e. The van der Waals surface area contributed by atoms with Crippen LogP contribution in [0.4, 0.5) is 0 Å². The van der Waals surface area contributed by atoms with Gasteiger partial charge in [0, 0.05) is 18.8 Å². The van der Waals surface area contributed by atoms with Crippen LogP contribution in [0.5, 0.6) is 0 Å². The summed E-state index contributed by atoms with van der Waals surface area (Å²) in [5, 5.41) is 3.29. The van der Waals surface area contributed by atoms with E-state index in [1.54, 1.807) is 0 Å². The van der Waals surface area contributed by atoms with Gasteiger partial charge in [0.25, 0.3) is 0 Å². The molecule has 2 heterocycles. The first-order valence-electron chi connectivity index (χ1n) is 7.48.